The first kappa shape index (κ1) is 19.4. The minimum atomic E-state index is -0.567. The van der Waals surface area contributed by atoms with Crippen LogP contribution in [-0.4, -0.2) is 20.8 Å². The first-order valence-corrected chi connectivity index (χ1v) is 9.41. The van der Waals surface area contributed by atoms with Crippen LogP contribution < -0.4 is 5.32 Å². The molecular formula is C22H16ClN5O2. The fourth-order valence-electron chi connectivity index (χ4n) is 2.74. The summed E-state index contributed by atoms with van der Waals surface area (Å²) in [4.78, 5) is 12.7. The van der Waals surface area contributed by atoms with Crippen LogP contribution in [0.3, 0.4) is 0 Å². The van der Waals surface area contributed by atoms with Crippen LogP contribution in [0.15, 0.2) is 95.2 Å². The maximum atomic E-state index is 12.7. The summed E-state index contributed by atoms with van der Waals surface area (Å²) < 4.78 is 1.36. The lowest BCUT2D eigenvalue weighted by Gasteiger charge is -2.03. The minimum absolute atomic E-state index is 0.0133. The molecule has 0 aliphatic rings. The number of hydrogen-bond acceptors (Lipinski definition) is 5. The van der Waals surface area contributed by atoms with E-state index in [1.165, 1.54) is 4.68 Å². The number of aromatic nitrogens is 2. The Bertz CT molecular complexity index is 1210. The molecule has 0 saturated carbocycles. The Kier molecular flexibility index (Phi) is 5.54. The molecule has 3 aromatic carbocycles. The van der Waals surface area contributed by atoms with Gasteiger partial charge in [-0.15, -0.1) is 10.2 Å². The van der Waals surface area contributed by atoms with Gasteiger partial charge in [0, 0.05) is 5.69 Å². The minimum Gasteiger partial charge on any atom is -0.502 e. The van der Waals surface area contributed by atoms with E-state index in [-0.39, 0.29) is 17.3 Å². The summed E-state index contributed by atoms with van der Waals surface area (Å²) >= 11 is 6.13. The van der Waals surface area contributed by atoms with Crippen LogP contribution in [0.5, 0.6) is 5.75 Å². The average molecular weight is 418 g/mol. The topological polar surface area (TPSA) is 91.9 Å². The predicted octanol–water partition coefficient (Wildman–Crippen LogP) is 5.90. The van der Waals surface area contributed by atoms with E-state index in [4.69, 9.17) is 11.6 Å². The molecule has 7 nitrogen and oxygen atoms in total. The Balaban J connectivity index is 1.76. The van der Waals surface area contributed by atoms with Crippen LogP contribution in [0.4, 0.5) is 17.2 Å². The highest BCUT2D eigenvalue weighted by Crippen LogP contribution is 2.35. The van der Waals surface area contributed by atoms with Crippen LogP contribution in [0.1, 0.15) is 10.5 Å². The number of halogens is 1. The van der Waals surface area contributed by atoms with E-state index in [2.05, 4.69) is 20.6 Å². The van der Waals surface area contributed by atoms with Crippen molar-refractivity contribution in [1.82, 2.24) is 9.78 Å². The van der Waals surface area contributed by atoms with E-state index in [0.717, 1.165) is 0 Å². The van der Waals surface area contributed by atoms with Gasteiger partial charge in [0.05, 0.1) is 10.7 Å². The molecule has 4 aromatic rings. The molecule has 2 N–H and O–H groups in total. The molecule has 0 unspecified atom stereocenters. The molecule has 4 rings (SSSR count). The van der Waals surface area contributed by atoms with Gasteiger partial charge in [-0.3, -0.25) is 4.79 Å². The number of rotatable bonds is 5. The highest BCUT2D eigenvalue weighted by atomic mass is 35.5. The molecule has 1 heterocycles. The van der Waals surface area contributed by atoms with Gasteiger partial charge in [-0.1, -0.05) is 60.1 Å². The summed E-state index contributed by atoms with van der Waals surface area (Å²) in [6, 6.07) is 24.8. The molecule has 0 fully saturated rings. The summed E-state index contributed by atoms with van der Waals surface area (Å²) in [7, 11) is 0. The zero-order chi connectivity index (χ0) is 20.9. The van der Waals surface area contributed by atoms with E-state index < -0.39 is 5.91 Å². The molecule has 0 radical (unpaired) electrons. The zero-order valence-electron chi connectivity index (χ0n) is 15.6. The number of aromatic hydroxyl groups is 1. The quantitative estimate of drug-likeness (QED) is 0.396. The summed E-state index contributed by atoms with van der Waals surface area (Å²) in [6.07, 6.45) is 0. The number of carbonyl (C=O) groups excluding carboxylic acids is 1. The first-order valence-electron chi connectivity index (χ1n) is 9.03. The fraction of sp³-hybridized carbons (Fsp3) is 0. The van der Waals surface area contributed by atoms with E-state index in [1.807, 2.05) is 24.3 Å². The maximum absolute atomic E-state index is 12.7. The fourth-order valence-corrected chi connectivity index (χ4v) is 2.91. The number of carbonyl (C=O) groups is 1. The average Bonchev–Trinajstić information content (AvgIpc) is 3.11. The number of hydrogen-bond donors (Lipinski definition) is 2. The van der Waals surface area contributed by atoms with Crippen LogP contribution in [-0.2, 0) is 0 Å². The molecule has 8 heteroatoms. The summed E-state index contributed by atoms with van der Waals surface area (Å²) in [5.74, 6) is -0.940. The second-order valence-corrected chi connectivity index (χ2v) is 6.65. The van der Waals surface area contributed by atoms with Gasteiger partial charge in [0.15, 0.2) is 11.4 Å². The Morgan fingerprint density at radius 2 is 1.53 bits per heavy atom. The molecule has 148 valence electrons. The molecule has 1 amide bonds. The van der Waals surface area contributed by atoms with Crippen molar-refractivity contribution in [2.45, 2.75) is 0 Å². The van der Waals surface area contributed by atoms with Crippen molar-refractivity contribution in [1.29, 1.82) is 0 Å². The van der Waals surface area contributed by atoms with Crippen molar-refractivity contribution in [2.75, 3.05) is 5.32 Å². The predicted molar refractivity (Wildman–Crippen MR) is 115 cm³/mol. The molecule has 0 aliphatic carbocycles. The van der Waals surface area contributed by atoms with Crippen molar-refractivity contribution < 1.29 is 9.90 Å². The van der Waals surface area contributed by atoms with Gasteiger partial charge in [-0.2, -0.15) is 5.10 Å². The molecule has 0 aliphatic heterocycles. The molecule has 0 spiro atoms. The molecule has 0 bridgehead atoms. The third-order valence-electron chi connectivity index (χ3n) is 4.19. The van der Waals surface area contributed by atoms with Gasteiger partial charge < -0.3 is 10.4 Å². The van der Waals surface area contributed by atoms with Crippen molar-refractivity contribution >= 4 is 34.7 Å². The lowest BCUT2D eigenvalue weighted by molar-refractivity contribution is 0.101. The van der Waals surface area contributed by atoms with Gasteiger partial charge in [0.2, 0.25) is 5.82 Å². The molecular weight excluding hydrogens is 402 g/mol. The highest BCUT2D eigenvalue weighted by molar-refractivity contribution is 6.32. The molecule has 0 atom stereocenters. The van der Waals surface area contributed by atoms with E-state index in [1.54, 1.807) is 60.7 Å². The Hall–Kier alpha value is -3.97. The van der Waals surface area contributed by atoms with Crippen molar-refractivity contribution in [3.63, 3.8) is 0 Å². The number of nitrogens with zero attached hydrogens (tertiary/aromatic N) is 4. The Labute approximate surface area is 177 Å². The van der Waals surface area contributed by atoms with Crippen LogP contribution >= 0.6 is 11.6 Å². The van der Waals surface area contributed by atoms with Crippen molar-refractivity contribution in [3.8, 4) is 11.4 Å². The number of azo groups is 1. The van der Waals surface area contributed by atoms with Gasteiger partial charge in [-0.05, 0) is 36.4 Å². The molecule has 0 saturated heterocycles. The number of nitrogens with one attached hydrogen (secondary N) is 1. The van der Waals surface area contributed by atoms with Crippen LogP contribution in [0, 0.1) is 0 Å². The van der Waals surface area contributed by atoms with Gasteiger partial charge in [0.25, 0.3) is 5.91 Å². The van der Waals surface area contributed by atoms with Gasteiger partial charge in [0.1, 0.15) is 5.69 Å². The van der Waals surface area contributed by atoms with E-state index in [9.17, 15) is 9.90 Å². The summed E-state index contributed by atoms with van der Waals surface area (Å²) in [6.45, 7) is 0. The van der Waals surface area contributed by atoms with Crippen molar-refractivity contribution in [3.05, 3.63) is 95.6 Å². The standard InChI is InChI=1S/C22H16ClN5O2/c23-17-13-7-8-14-18(17)25-26-21-20(29)19(22(30)24-15-9-3-1-4-10-15)27-28(21)16-11-5-2-6-12-16/h1-14,29H,(H,24,30). The normalized spacial score (nSPS) is 11.0. The highest BCUT2D eigenvalue weighted by Gasteiger charge is 2.24. The Morgan fingerprint density at radius 3 is 2.23 bits per heavy atom. The monoisotopic (exact) mass is 417 g/mol. The lowest BCUT2D eigenvalue weighted by atomic mass is 10.3. The Morgan fingerprint density at radius 1 is 0.900 bits per heavy atom. The van der Waals surface area contributed by atoms with Gasteiger partial charge in [-0.25, -0.2) is 4.68 Å². The molecule has 1 aromatic heterocycles. The zero-order valence-corrected chi connectivity index (χ0v) is 16.4. The smallest absolute Gasteiger partial charge is 0.280 e. The second-order valence-electron chi connectivity index (χ2n) is 6.24. The number of benzene rings is 3. The van der Waals surface area contributed by atoms with Crippen LogP contribution in [0.2, 0.25) is 5.02 Å². The van der Waals surface area contributed by atoms with Gasteiger partial charge >= 0.3 is 0 Å². The number of amides is 1. The summed E-state index contributed by atoms with van der Waals surface area (Å²) in [5.41, 5.74) is 1.44. The first-order chi connectivity index (χ1) is 14.6. The summed E-state index contributed by atoms with van der Waals surface area (Å²) in [5, 5.41) is 26.4. The third kappa shape index (κ3) is 4.06. The van der Waals surface area contributed by atoms with E-state index >= 15 is 0 Å². The van der Waals surface area contributed by atoms with E-state index in [0.29, 0.717) is 22.1 Å². The number of para-hydroxylation sites is 2. The number of anilines is 1. The van der Waals surface area contributed by atoms with Crippen molar-refractivity contribution in [2.24, 2.45) is 10.2 Å². The largest absolute Gasteiger partial charge is 0.502 e. The SMILES string of the molecule is O=C(Nc1ccccc1)c1nn(-c2ccccc2)c(N=Nc2ccccc2Cl)c1O. The van der Waals surface area contributed by atoms with Crippen LogP contribution in [0.25, 0.3) is 5.69 Å². The molecule has 30 heavy (non-hydrogen) atoms. The maximum Gasteiger partial charge on any atom is 0.280 e. The second kappa shape index (κ2) is 8.59. The third-order valence-corrected chi connectivity index (χ3v) is 4.51. The lowest BCUT2D eigenvalue weighted by Crippen LogP contribution is -2.13.